The maximum atomic E-state index is 9.43. The first-order valence-corrected chi connectivity index (χ1v) is 3.90. The Hall–Kier alpha value is -0.640. The highest BCUT2D eigenvalue weighted by Crippen LogP contribution is 2.15. The average molecular weight is 188 g/mol. The molecule has 0 aliphatic heterocycles. The van der Waals surface area contributed by atoms with Crippen molar-refractivity contribution in [3.63, 3.8) is 0 Å². The standard InChI is InChI=1S/C8H10ClNO2/c1-12-5-7(11)6-2-3-10-8(9)4-6/h2-4,7,11H,5H2,1H3. The Bertz CT molecular complexity index is 255. The predicted molar refractivity (Wildman–Crippen MR) is 46.1 cm³/mol. The van der Waals surface area contributed by atoms with Gasteiger partial charge in [0.05, 0.1) is 6.61 Å². The third kappa shape index (κ3) is 2.44. The van der Waals surface area contributed by atoms with Crippen LogP contribution in [0.3, 0.4) is 0 Å². The topological polar surface area (TPSA) is 42.4 Å². The van der Waals surface area contributed by atoms with E-state index in [1.165, 1.54) is 7.11 Å². The number of rotatable bonds is 3. The van der Waals surface area contributed by atoms with Crippen LogP contribution in [0.5, 0.6) is 0 Å². The van der Waals surface area contributed by atoms with Gasteiger partial charge in [0.1, 0.15) is 11.3 Å². The van der Waals surface area contributed by atoms with E-state index < -0.39 is 6.10 Å². The maximum Gasteiger partial charge on any atom is 0.129 e. The van der Waals surface area contributed by atoms with E-state index in [2.05, 4.69) is 4.98 Å². The van der Waals surface area contributed by atoms with Crippen molar-refractivity contribution in [2.75, 3.05) is 13.7 Å². The Morgan fingerprint density at radius 2 is 2.50 bits per heavy atom. The van der Waals surface area contributed by atoms with Gasteiger partial charge in [0.15, 0.2) is 0 Å². The molecule has 3 nitrogen and oxygen atoms in total. The monoisotopic (exact) mass is 187 g/mol. The zero-order chi connectivity index (χ0) is 8.97. The molecular formula is C8H10ClNO2. The number of hydrogen-bond donors (Lipinski definition) is 1. The second-order valence-corrected chi connectivity index (χ2v) is 2.77. The molecule has 0 aromatic carbocycles. The van der Waals surface area contributed by atoms with Crippen molar-refractivity contribution in [2.24, 2.45) is 0 Å². The highest BCUT2D eigenvalue weighted by molar-refractivity contribution is 6.29. The van der Waals surface area contributed by atoms with Crippen molar-refractivity contribution in [2.45, 2.75) is 6.10 Å². The van der Waals surface area contributed by atoms with Gasteiger partial charge in [-0.2, -0.15) is 0 Å². The smallest absolute Gasteiger partial charge is 0.129 e. The fourth-order valence-electron chi connectivity index (χ4n) is 0.879. The second-order valence-electron chi connectivity index (χ2n) is 2.38. The van der Waals surface area contributed by atoms with Crippen LogP contribution in [-0.2, 0) is 4.74 Å². The fourth-order valence-corrected chi connectivity index (χ4v) is 1.06. The molecule has 1 N–H and O–H groups in total. The molecular weight excluding hydrogens is 178 g/mol. The van der Waals surface area contributed by atoms with Gasteiger partial charge in [-0.15, -0.1) is 0 Å². The molecule has 1 aromatic rings. The molecule has 1 aromatic heterocycles. The predicted octanol–water partition coefficient (Wildman–Crippen LogP) is 1.41. The molecule has 12 heavy (non-hydrogen) atoms. The van der Waals surface area contributed by atoms with Crippen molar-refractivity contribution in [3.8, 4) is 0 Å². The lowest BCUT2D eigenvalue weighted by molar-refractivity contribution is 0.0643. The van der Waals surface area contributed by atoms with Gasteiger partial charge >= 0.3 is 0 Å². The van der Waals surface area contributed by atoms with Crippen LogP contribution in [0.4, 0.5) is 0 Å². The third-order valence-electron chi connectivity index (χ3n) is 1.46. The third-order valence-corrected chi connectivity index (χ3v) is 1.67. The zero-order valence-electron chi connectivity index (χ0n) is 6.70. The number of ether oxygens (including phenoxy) is 1. The van der Waals surface area contributed by atoms with Gasteiger partial charge in [0.25, 0.3) is 0 Å². The van der Waals surface area contributed by atoms with Gasteiger partial charge in [-0.05, 0) is 17.7 Å². The van der Waals surface area contributed by atoms with Gasteiger partial charge in [-0.1, -0.05) is 11.6 Å². The summed E-state index contributed by atoms with van der Waals surface area (Å²) in [5.74, 6) is 0. The minimum absolute atomic E-state index is 0.264. The summed E-state index contributed by atoms with van der Waals surface area (Å²) in [7, 11) is 1.53. The lowest BCUT2D eigenvalue weighted by Crippen LogP contribution is -2.04. The molecule has 0 aliphatic carbocycles. The van der Waals surface area contributed by atoms with Crippen LogP contribution in [0.1, 0.15) is 11.7 Å². The Labute approximate surface area is 76.0 Å². The van der Waals surface area contributed by atoms with Crippen molar-refractivity contribution >= 4 is 11.6 Å². The molecule has 1 rings (SSSR count). The van der Waals surface area contributed by atoms with Gasteiger partial charge in [0, 0.05) is 13.3 Å². The molecule has 66 valence electrons. The maximum absolute atomic E-state index is 9.43. The van der Waals surface area contributed by atoms with E-state index in [9.17, 15) is 5.11 Å². The van der Waals surface area contributed by atoms with E-state index in [-0.39, 0.29) is 6.61 Å². The highest BCUT2D eigenvalue weighted by Gasteiger charge is 2.06. The minimum Gasteiger partial charge on any atom is -0.386 e. The number of methoxy groups -OCH3 is 1. The minimum atomic E-state index is -0.629. The molecule has 0 saturated heterocycles. The van der Waals surface area contributed by atoms with Crippen molar-refractivity contribution in [3.05, 3.63) is 29.0 Å². The van der Waals surface area contributed by atoms with Crippen LogP contribution < -0.4 is 0 Å². The largest absolute Gasteiger partial charge is 0.386 e. The highest BCUT2D eigenvalue weighted by atomic mass is 35.5. The average Bonchev–Trinajstić information content (AvgIpc) is 2.05. The van der Waals surface area contributed by atoms with Crippen molar-refractivity contribution in [1.82, 2.24) is 4.98 Å². The van der Waals surface area contributed by atoms with Crippen LogP contribution in [0.25, 0.3) is 0 Å². The number of pyridine rings is 1. The van der Waals surface area contributed by atoms with Gasteiger partial charge < -0.3 is 9.84 Å². The second kappa shape index (κ2) is 4.40. The summed E-state index contributed by atoms with van der Waals surface area (Å²) in [5, 5.41) is 9.81. The summed E-state index contributed by atoms with van der Waals surface area (Å²) in [4.78, 5) is 3.80. The molecule has 4 heteroatoms. The number of halogens is 1. The SMILES string of the molecule is COCC(O)c1ccnc(Cl)c1. The summed E-state index contributed by atoms with van der Waals surface area (Å²) in [5.41, 5.74) is 0.719. The summed E-state index contributed by atoms with van der Waals surface area (Å²) in [6.07, 6.45) is 0.923. The molecule has 0 saturated carbocycles. The van der Waals surface area contributed by atoms with E-state index in [1.54, 1.807) is 18.3 Å². The lowest BCUT2D eigenvalue weighted by Gasteiger charge is -2.08. The molecule has 1 heterocycles. The molecule has 1 unspecified atom stereocenters. The summed E-state index contributed by atoms with van der Waals surface area (Å²) in [6, 6.07) is 3.32. The Morgan fingerprint density at radius 3 is 3.08 bits per heavy atom. The fraction of sp³-hybridized carbons (Fsp3) is 0.375. The van der Waals surface area contributed by atoms with Gasteiger partial charge in [0.2, 0.25) is 0 Å². The Morgan fingerprint density at radius 1 is 1.75 bits per heavy atom. The zero-order valence-corrected chi connectivity index (χ0v) is 7.45. The number of aliphatic hydroxyl groups is 1. The van der Waals surface area contributed by atoms with Crippen LogP contribution in [0.2, 0.25) is 5.15 Å². The first-order valence-electron chi connectivity index (χ1n) is 3.52. The number of nitrogens with zero attached hydrogens (tertiary/aromatic N) is 1. The molecule has 0 spiro atoms. The first-order chi connectivity index (χ1) is 5.74. The van der Waals surface area contributed by atoms with E-state index in [1.807, 2.05) is 0 Å². The molecule has 0 amide bonds. The molecule has 0 fully saturated rings. The Kier molecular flexibility index (Phi) is 3.47. The summed E-state index contributed by atoms with van der Waals surface area (Å²) in [6.45, 7) is 0.264. The molecule has 1 atom stereocenters. The van der Waals surface area contributed by atoms with Crippen LogP contribution in [-0.4, -0.2) is 23.8 Å². The number of aliphatic hydroxyl groups excluding tert-OH is 1. The first kappa shape index (κ1) is 9.45. The van der Waals surface area contributed by atoms with Crippen LogP contribution in [0.15, 0.2) is 18.3 Å². The number of aromatic nitrogens is 1. The molecule has 0 bridgehead atoms. The van der Waals surface area contributed by atoms with Gasteiger partial charge in [-0.3, -0.25) is 0 Å². The Balaban J connectivity index is 2.73. The van der Waals surface area contributed by atoms with Gasteiger partial charge in [-0.25, -0.2) is 4.98 Å². The van der Waals surface area contributed by atoms with Crippen LogP contribution in [0, 0.1) is 0 Å². The van der Waals surface area contributed by atoms with E-state index in [0.29, 0.717) is 5.15 Å². The van der Waals surface area contributed by atoms with E-state index in [4.69, 9.17) is 16.3 Å². The van der Waals surface area contributed by atoms with Crippen LogP contribution >= 0.6 is 11.6 Å². The van der Waals surface area contributed by atoms with Crippen molar-refractivity contribution < 1.29 is 9.84 Å². The summed E-state index contributed by atoms with van der Waals surface area (Å²) >= 11 is 5.63. The molecule has 0 radical (unpaired) electrons. The van der Waals surface area contributed by atoms with Crippen molar-refractivity contribution in [1.29, 1.82) is 0 Å². The molecule has 0 aliphatic rings. The quantitative estimate of drug-likeness (QED) is 0.728. The summed E-state index contributed by atoms with van der Waals surface area (Å²) < 4.78 is 4.78. The normalized spacial score (nSPS) is 12.9. The lowest BCUT2D eigenvalue weighted by atomic mass is 10.2. The van der Waals surface area contributed by atoms with E-state index >= 15 is 0 Å². The van der Waals surface area contributed by atoms with E-state index in [0.717, 1.165) is 5.56 Å². The number of hydrogen-bond acceptors (Lipinski definition) is 3.